The Morgan fingerprint density at radius 3 is 2.71 bits per heavy atom. The second-order valence-electron chi connectivity index (χ2n) is 5.50. The summed E-state index contributed by atoms with van der Waals surface area (Å²) in [6, 6.07) is 8.65. The van der Waals surface area contributed by atoms with Crippen LogP contribution in [-0.4, -0.2) is 30.1 Å². The lowest BCUT2D eigenvalue weighted by molar-refractivity contribution is 0.224. The highest BCUT2D eigenvalue weighted by molar-refractivity contribution is 9.10. The van der Waals surface area contributed by atoms with E-state index in [1.807, 2.05) is 0 Å². The Kier molecular flexibility index (Phi) is 4.23. The molecule has 0 atom stereocenters. The molecule has 0 aromatic heterocycles. The summed E-state index contributed by atoms with van der Waals surface area (Å²) in [7, 11) is 0. The highest BCUT2D eigenvalue weighted by Crippen LogP contribution is 2.16. The molecule has 1 aliphatic rings. The van der Waals surface area contributed by atoms with Crippen LogP contribution in [0.25, 0.3) is 0 Å². The second kappa shape index (κ2) is 5.51. The molecule has 0 aliphatic carbocycles. The van der Waals surface area contributed by atoms with Gasteiger partial charge in [-0.1, -0.05) is 28.1 Å². The van der Waals surface area contributed by atoms with Crippen molar-refractivity contribution in [1.29, 1.82) is 0 Å². The van der Waals surface area contributed by atoms with Crippen molar-refractivity contribution < 1.29 is 0 Å². The van der Waals surface area contributed by atoms with E-state index in [4.69, 9.17) is 0 Å². The molecule has 1 aromatic rings. The van der Waals surface area contributed by atoms with Gasteiger partial charge in [0.05, 0.1) is 0 Å². The Balaban J connectivity index is 1.99. The maximum absolute atomic E-state index is 3.60. The lowest BCUT2D eigenvalue weighted by Gasteiger charge is -2.30. The molecule has 0 saturated carbocycles. The predicted molar refractivity (Wildman–Crippen MR) is 76.1 cm³/mol. The third-order valence-corrected chi connectivity index (χ3v) is 3.72. The number of hydrogen-bond acceptors (Lipinski definition) is 2. The topological polar surface area (TPSA) is 15.3 Å². The predicted octanol–water partition coefficient (Wildman–Crippen LogP) is 3.02. The maximum atomic E-state index is 3.60. The van der Waals surface area contributed by atoms with Crippen molar-refractivity contribution in [3.05, 3.63) is 34.3 Å². The minimum atomic E-state index is 0.228. The van der Waals surface area contributed by atoms with Crippen LogP contribution < -0.4 is 5.32 Å². The van der Waals surface area contributed by atoms with Crippen LogP contribution in [0.5, 0.6) is 0 Å². The zero-order valence-corrected chi connectivity index (χ0v) is 12.3. The minimum Gasteiger partial charge on any atom is -0.310 e. The number of nitrogens with zero attached hydrogens (tertiary/aromatic N) is 1. The standard InChI is InChI=1S/C14H21BrN2/c1-14(2)11-17(9-3-8-16-14)10-12-4-6-13(15)7-5-12/h4-7,16H,3,8-11H2,1-2H3. The van der Waals surface area contributed by atoms with Gasteiger partial charge in [0.2, 0.25) is 0 Å². The van der Waals surface area contributed by atoms with E-state index < -0.39 is 0 Å². The molecular formula is C14H21BrN2. The summed E-state index contributed by atoms with van der Waals surface area (Å²) in [6.07, 6.45) is 1.24. The van der Waals surface area contributed by atoms with Crippen LogP contribution >= 0.6 is 15.9 Å². The molecule has 0 amide bonds. The van der Waals surface area contributed by atoms with Gasteiger partial charge in [0, 0.05) is 23.1 Å². The van der Waals surface area contributed by atoms with Crippen LogP contribution in [0.3, 0.4) is 0 Å². The van der Waals surface area contributed by atoms with Crippen molar-refractivity contribution in [2.75, 3.05) is 19.6 Å². The molecule has 3 heteroatoms. The average Bonchev–Trinajstić information content (AvgIpc) is 2.43. The molecule has 2 rings (SSSR count). The fourth-order valence-corrected chi connectivity index (χ4v) is 2.67. The molecule has 17 heavy (non-hydrogen) atoms. The van der Waals surface area contributed by atoms with Gasteiger partial charge >= 0.3 is 0 Å². The zero-order valence-electron chi connectivity index (χ0n) is 10.7. The van der Waals surface area contributed by atoms with Gasteiger partial charge in [-0.05, 0) is 51.1 Å². The van der Waals surface area contributed by atoms with E-state index in [1.165, 1.54) is 18.5 Å². The molecular weight excluding hydrogens is 276 g/mol. The van der Waals surface area contributed by atoms with Gasteiger partial charge in [0.25, 0.3) is 0 Å². The van der Waals surface area contributed by atoms with Crippen LogP contribution in [0, 0.1) is 0 Å². The number of hydrogen-bond donors (Lipinski definition) is 1. The van der Waals surface area contributed by atoms with Gasteiger partial charge in [0.1, 0.15) is 0 Å². The van der Waals surface area contributed by atoms with Gasteiger partial charge < -0.3 is 5.32 Å². The molecule has 0 unspecified atom stereocenters. The SMILES string of the molecule is CC1(C)CN(Cc2ccc(Br)cc2)CCCN1. The summed E-state index contributed by atoms with van der Waals surface area (Å²) < 4.78 is 1.15. The highest BCUT2D eigenvalue weighted by Gasteiger charge is 2.23. The molecule has 1 N–H and O–H groups in total. The van der Waals surface area contributed by atoms with Gasteiger partial charge in [-0.25, -0.2) is 0 Å². The fourth-order valence-electron chi connectivity index (χ4n) is 2.41. The van der Waals surface area contributed by atoms with Gasteiger partial charge in [-0.3, -0.25) is 4.90 Å². The summed E-state index contributed by atoms with van der Waals surface area (Å²) in [4.78, 5) is 2.54. The maximum Gasteiger partial charge on any atom is 0.0252 e. The second-order valence-corrected chi connectivity index (χ2v) is 6.42. The Bertz CT molecular complexity index is 359. The fraction of sp³-hybridized carbons (Fsp3) is 0.571. The van der Waals surface area contributed by atoms with E-state index in [0.717, 1.165) is 24.1 Å². The van der Waals surface area contributed by atoms with E-state index >= 15 is 0 Å². The van der Waals surface area contributed by atoms with E-state index in [2.05, 4.69) is 64.3 Å². The van der Waals surface area contributed by atoms with Crippen LogP contribution in [0.15, 0.2) is 28.7 Å². The minimum absolute atomic E-state index is 0.228. The van der Waals surface area contributed by atoms with Crippen molar-refractivity contribution in [3.63, 3.8) is 0 Å². The van der Waals surface area contributed by atoms with E-state index in [9.17, 15) is 0 Å². The molecule has 1 aliphatic heterocycles. The Labute approximate surface area is 113 Å². The van der Waals surface area contributed by atoms with Crippen LogP contribution in [0.4, 0.5) is 0 Å². The third kappa shape index (κ3) is 4.09. The molecule has 2 nitrogen and oxygen atoms in total. The first-order valence-corrected chi connectivity index (χ1v) is 7.06. The third-order valence-electron chi connectivity index (χ3n) is 3.19. The number of halogens is 1. The van der Waals surface area contributed by atoms with Gasteiger partial charge in [-0.15, -0.1) is 0 Å². The summed E-state index contributed by atoms with van der Waals surface area (Å²) in [5.41, 5.74) is 1.62. The Morgan fingerprint density at radius 2 is 2.00 bits per heavy atom. The smallest absolute Gasteiger partial charge is 0.0252 e. The summed E-state index contributed by atoms with van der Waals surface area (Å²) in [5, 5.41) is 3.60. The number of nitrogens with one attached hydrogen (secondary N) is 1. The largest absolute Gasteiger partial charge is 0.310 e. The summed E-state index contributed by atoms with van der Waals surface area (Å²) >= 11 is 3.48. The first-order valence-electron chi connectivity index (χ1n) is 6.27. The van der Waals surface area contributed by atoms with Crippen LogP contribution in [-0.2, 0) is 6.54 Å². The number of benzene rings is 1. The lowest BCUT2D eigenvalue weighted by atomic mass is 10.1. The van der Waals surface area contributed by atoms with Crippen molar-refractivity contribution in [2.24, 2.45) is 0 Å². The van der Waals surface area contributed by atoms with Gasteiger partial charge in [-0.2, -0.15) is 0 Å². The molecule has 0 spiro atoms. The lowest BCUT2D eigenvalue weighted by Crippen LogP contribution is -2.46. The summed E-state index contributed by atoms with van der Waals surface area (Å²) in [6.45, 7) is 9.05. The first-order chi connectivity index (χ1) is 8.05. The van der Waals surface area contributed by atoms with E-state index in [-0.39, 0.29) is 5.54 Å². The average molecular weight is 297 g/mol. The van der Waals surface area contributed by atoms with E-state index in [0.29, 0.717) is 0 Å². The molecule has 1 aromatic carbocycles. The quantitative estimate of drug-likeness (QED) is 0.902. The number of rotatable bonds is 2. The van der Waals surface area contributed by atoms with Crippen LogP contribution in [0.1, 0.15) is 25.8 Å². The molecule has 0 radical (unpaired) electrons. The van der Waals surface area contributed by atoms with Gasteiger partial charge in [0.15, 0.2) is 0 Å². The molecule has 1 saturated heterocycles. The van der Waals surface area contributed by atoms with Crippen molar-refractivity contribution in [1.82, 2.24) is 10.2 Å². The first kappa shape index (κ1) is 13.1. The van der Waals surface area contributed by atoms with Crippen LogP contribution in [0.2, 0.25) is 0 Å². The normalized spacial score (nSPS) is 21.1. The molecule has 1 fully saturated rings. The zero-order chi connectivity index (χ0) is 12.3. The Hall–Kier alpha value is -0.380. The highest BCUT2D eigenvalue weighted by atomic mass is 79.9. The van der Waals surface area contributed by atoms with E-state index in [1.54, 1.807) is 0 Å². The molecule has 94 valence electrons. The Morgan fingerprint density at radius 1 is 1.29 bits per heavy atom. The molecule has 1 heterocycles. The monoisotopic (exact) mass is 296 g/mol. The van der Waals surface area contributed by atoms with Crippen molar-refractivity contribution in [2.45, 2.75) is 32.4 Å². The molecule has 0 bridgehead atoms. The summed E-state index contributed by atoms with van der Waals surface area (Å²) in [5.74, 6) is 0. The van der Waals surface area contributed by atoms with Crippen molar-refractivity contribution in [3.8, 4) is 0 Å². The van der Waals surface area contributed by atoms with Crippen molar-refractivity contribution >= 4 is 15.9 Å².